The number of methoxy groups -OCH3 is 1. The third-order valence-corrected chi connectivity index (χ3v) is 10.7. The van der Waals surface area contributed by atoms with Gasteiger partial charge < -0.3 is 20.3 Å². The molecule has 3 saturated carbocycles. The van der Waals surface area contributed by atoms with Crippen LogP contribution in [0.2, 0.25) is 0 Å². The van der Waals surface area contributed by atoms with Crippen LogP contribution in [-0.4, -0.2) is 35.1 Å². The van der Waals surface area contributed by atoms with Gasteiger partial charge >= 0.3 is 0 Å². The minimum atomic E-state index is -0.0289. The van der Waals surface area contributed by atoms with Crippen molar-refractivity contribution in [3.05, 3.63) is 35.9 Å². The van der Waals surface area contributed by atoms with Crippen molar-refractivity contribution in [3.8, 4) is 11.5 Å². The number of amides is 1. The van der Waals surface area contributed by atoms with Gasteiger partial charge in [-0.25, -0.2) is 0 Å². The van der Waals surface area contributed by atoms with E-state index in [-0.39, 0.29) is 28.6 Å². The number of phenols is 1. The molecule has 0 aliphatic heterocycles. The zero-order valence-corrected chi connectivity index (χ0v) is 29.2. The Balaban J connectivity index is 0.000000255. The van der Waals surface area contributed by atoms with E-state index in [4.69, 9.17) is 4.74 Å². The van der Waals surface area contributed by atoms with Crippen LogP contribution in [0.25, 0.3) is 0 Å². The molecule has 1 aromatic rings. The Morgan fingerprint density at radius 3 is 2.32 bits per heavy atom. The van der Waals surface area contributed by atoms with Crippen molar-refractivity contribution in [2.75, 3.05) is 7.11 Å². The predicted molar refractivity (Wildman–Crippen MR) is 181 cm³/mol. The van der Waals surface area contributed by atoms with Crippen LogP contribution in [0.5, 0.6) is 11.5 Å². The summed E-state index contributed by atoms with van der Waals surface area (Å²) >= 11 is 0. The molecule has 1 amide bonds. The van der Waals surface area contributed by atoms with Crippen LogP contribution in [0.15, 0.2) is 30.4 Å². The largest absolute Gasteiger partial charge is 0.504 e. The molecule has 0 radical (unpaired) electrons. The summed E-state index contributed by atoms with van der Waals surface area (Å²) < 4.78 is 5.04. The number of aliphatic hydroxyl groups excluding tert-OH is 1. The highest BCUT2D eigenvalue weighted by molar-refractivity contribution is 5.89. The second kappa shape index (κ2) is 17.4. The summed E-state index contributed by atoms with van der Waals surface area (Å²) in [6, 6.07) is 5.07. The van der Waals surface area contributed by atoms with Gasteiger partial charge in [-0.15, -0.1) is 0 Å². The zero-order valence-electron chi connectivity index (χ0n) is 29.2. The molecule has 0 spiro atoms. The minimum absolute atomic E-state index is 0.0255. The zero-order chi connectivity index (χ0) is 33.1. The quantitative estimate of drug-likeness (QED) is 0.181. The number of rotatable bonds is 10. The fourth-order valence-electron chi connectivity index (χ4n) is 7.09. The number of aliphatic hydroxyl groups is 1. The van der Waals surface area contributed by atoms with Gasteiger partial charge in [0.1, 0.15) is 5.78 Å². The maximum atomic E-state index is 11.8. The Morgan fingerprint density at radius 2 is 1.82 bits per heavy atom. The number of phenolic OH excluding ortho intramolecular Hbond substituents is 1. The van der Waals surface area contributed by atoms with Gasteiger partial charge in [-0.1, -0.05) is 80.0 Å². The predicted octanol–water partition coefficient (Wildman–Crippen LogP) is 8.63. The fourth-order valence-corrected chi connectivity index (χ4v) is 7.09. The average molecular weight is 614 g/mol. The Hall–Kier alpha value is -2.34. The van der Waals surface area contributed by atoms with Crippen molar-refractivity contribution in [2.24, 2.45) is 40.4 Å². The molecule has 4 rings (SSSR count). The van der Waals surface area contributed by atoms with E-state index in [1.54, 1.807) is 18.2 Å². The summed E-state index contributed by atoms with van der Waals surface area (Å²) in [6.07, 6.45) is 14.6. The minimum Gasteiger partial charge on any atom is -0.504 e. The summed E-state index contributed by atoms with van der Waals surface area (Å²) in [7, 11) is 1.51. The summed E-state index contributed by atoms with van der Waals surface area (Å²) in [6.45, 7) is 18.1. The number of carbonyl (C=O) groups excluding carboxylic acids is 2. The number of carbonyl (C=O) groups is 2. The van der Waals surface area contributed by atoms with Crippen molar-refractivity contribution < 1.29 is 24.5 Å². The van der Waals surface area contributed by atoms with Gasteiger partial charge in [0.2, 0.25) is 5.91 Å². The lowest BCUT2D eigenvalue weighted by Crippen LogP contribution is -2.32. The summed E-state index contributed by atoms with van der Waals surface area (Å²) in [5, 5.41) is 22.1. The van der Waals surface area contributed by atoms with E-state index in [1.165, 1.54) is 26.4 Å². The van der Waals surface area contributed by atoms with Crippen molar-refractivity contribution in [2.45, 2.75) is 132 Å². The number of unbranched alkanes of at least 4 members (excludes halogenated alkanes) is 2. The fraction of sp³-hybridized carbons (Fsp3) is 0.737. The molecule has 250 valence electrons. The average Bonchev–Trinajstić information content (AvgIpc) is 3.28. The molecule has 0 unspecified atom stereocenters. The van der Waals surface area contributed by atoms with Crippen molar-refractivity contribution in [3.63, 3.8) is 0 Å². The van der Waals surface area contributed by atoms with Crippen LogP contribution in [0.3, 0.4) is 0 Å². The lowest BCUT2D eigenvalue weighted by Gasteiger charge is -2.33. The molecule has 3 N–H and O–H groups in total. The number of hydrogen-bond acceptors (Lipinski definition) is 5. The second-order valence-corrected chi connectivity index (χ2v) is 15.0. The third-order valence-electron chi connectivity index (χ3n) is 10.7. The van der Waals surface area contributed by atoms with Crippen molar-refractivity contribution in [1.82, 2.24) is 5.32 Å². The number of Topliss-reactive ketones (excluding diaryl/α,β-unsaturated/α-hetero) is 1. The summed E-state index contributed by atoms with van der Waals surface area (Å²) in [5.41, 5.74) is 1.21. The molecule has 3 fully saturated rings. The number of ether oxygens (including phenoxy) is 1. The van der Waals surface area contributed by atoms with Gasteiger partial charge in [0.15, 0.2) is 11.5 Å². The first kappa shape index (κ1) is 37.8. The molecule has 3 aliphatic carbocycles. The van der Waals surface area contributed by atoms with Crippen LogP contribution in [0.4, 0.5) is 0 Å². The van der Waals surface area contributed by atoms with Crippen molar-refractivity contribution >= 4 is 11.7 Å². The van der Waals surface area contributed by atoms with E-state index in [0.717, 1.165) is 50.0 Å². The van der Waals surface area contributed by atoms with Gasteiger partial charge in [0.25, 0.3) is 0 Å². The molecule has 3 aliphatic rings. The van der Waals surface area contributed by atoms with Crippen molar-refractivity contribution in [1.29, 1.82) is 0 Å². The molecule has 0 heterocycles. The SMILES string of the molecule is CC(C)[C@@H]1CC[C@@H](C)C[C@H]1O.CC1(C)[C@@H]2CC[C@@]1(C)C(=O)C2.COc1cc(CNC(=O)CCCC/C=C/C(C)C)ccc1O. The van der Waals surface area contributed by atoms with E-state index >= 15 is 0 Å². The molecule has 2 bridgehead atoms. The van der Waals surface area contributed by atoms with Crippen LogP contribution in [0, 0.1) is 40.4 Å². The summed E-state index contributed by atoms with van der Waals surface area (Å²) in [4.78, 5) is 23.3. The number of aromatic hydroxyl groups is 1. The van der Waals surface area contributed by atoms with Gasteiger partial charge in [-0.3, -0.25) is 9.59 Å². The van der Waals surface area contributed by atoms with E-state index in [9.17, 15) is 19.8 Å². The highest BCUT2D eigenvalue weighted by Crippen LogP contribution is 2.63. The second-order valence-electron chi connectivity index (χ2n) is 15.0. The number of hydrogen-bond donors (Lipinski definition) is 3. The number of ketones is 1. The van der Waals surface area contributed by atoms with Crippen LogP contribution in [0.1, 0.15) is 125 Å². The normalized spacial score (nSPS) is 27.1. The van der Waals surface area contributed by atoms with Gasteiger partial charge in [0, 0.05) is 24.8 Å². The molecule has 1 aromatic carbocycles. The van der Waals surface area contributed by atoms with Gasteiger partial charge in [-0.2, -0.15) is 0 Å². The molecule has 6 nitrogen and oxygen atoms in total. The first-order chi connectivity index (χ1) is 20.6. The molecular formula is C38H63NO5. The Kier molecular flexibility index (Phi) is 14.9. The standard InChI is InChI=1S/C18H27NO3.C10H16O.C10H20O/c1-14(2)8-6-4-5-7-9-18(21)19-13-15-10-11-16(20)17(12-15)22-3;1-9(2)7-4-5-10(9,3)8(11)6-7;1-7(2)9-5-4-8(3)6-10(9)11/h6,8,10-12,14,20H,4-5,7,9,13H2,1-3H3,(H,19,21);7H,4-6H2,1-3H3;7-11H,4-6H2,1-3H3/b8-6+;;/t;7-,10+;8-,9+,10-/m.11/s1. The van der Waals surface area contributed by atoms with E-state index in [0.29, 0.717) is 48.2 Å². The number of nitrogens with one attached hydrogen (secondary N) is 1. The maximum absolute atomic E-state index is 11.8. The van der Waals surface area contributed by atoms with Crippen LogP contribution < -0.4 is 10.1 Å². The number of allylic oxidation sites excluding steroid dienone is 2. The first-order valence-corrected chi connectivity index (χ1v) is 17.1. The topological polar surface area (TPSA) is 95.9 Å². The van der Waals surface area contributed by atoms with E-state index < -0.39 is 0 Å². The van der Waals surface area contributed by atoms with Crippen LogP contribution in [-0.2, 0) is 16.1 Å². The molecule has 0 saturated heterocycles. The first-order valence-electron chi connectivity index (χ1n) is 17.1. The lowest BCUT2D eigenvalue weighted by atomic mass is 9.70. The maximum Gasteiger partial charge on any atom is 0.220 e. The van der Waals surface area contributed by atoms with Gasteiger partial charge in [0.05, 0.1) is 13.2 Å². The Bertz CT molecular complexity index is 1080. The number of fused-ring (bicyclic) bond motifs is 2. The Morgan fingerprint density at radius 1 is 1.11 bits per heavy atom. The molecular weight excluding hydrogens is 550 g/mol. The third kappa shape index (κ3) is 10.6. The molecule has 0 aromatic heterocycles. The smallest absolute Gasteiger partial charge is 0.220 e. The van der Waals surface area contributed by atoms with Gasteiger partial charge in [-0.05, 0) is 97.6 Å². The Labute approximate surface area is 268 Å². The highest BCUT2D eigenvalue weighted by Gasteiger charge is 2.61. The van der Waals surface area contributed by atoms with E-state index in [1.807, 2.05) is 0 Å². The highest BCUT2D eigenvalue weighted by atomic mass is 16.5. The monoisotopic (exact) mass is 613 g/mol. The van der Waals surface area contributed by atoms with Crippen LogP contribution >= 0.6 is 0 Å². The van der Waals surface area contributed by atoms with E-state index in [2.05, 4.69) is 72.9 Å². The molecule has 5 atom stereocenters. The lowest BCUT2D eigenvalue weighted by molar-refractivity contribution is -0.128. The molecule has 44 heavy (non-hydrogen) atoms. The number of benzene rings is 1. The molecule has 6 heteroatoms. The summed E-state index contributed by atoms with van der Waals surface area (Å²) in [5.74, 6) is 4.31.